The summed E-state index contributed by atoms with van der Waals surface area (Å²) in [5.74, 6) is -2.60. The number of carbonyl (C=O) groups is 1. The van der Waals surface area contributed by atoms with Crippen LogP contribution < -0.4 is 11.1 Å². The predicted octanol–water partition coefficient (Wildman–Crippen LogP) is 1.72. The lowest BCUT2D eigenvalue weighted by Crippen LogP contribution is -2.56. The van der Waals surface area contributed by atoms with Gasteiger partial charge in [-0.1, -0.05) is 22.6 Å². The van der Waals surface area contributed by atoms with Crippen LogP contribution in [0.5, 0.6) is 0 Å². The van der Waals surface area contributed by atoms with Crippen LogP contribution in [-0.2, 0) is 9.53 Å². The van der Waals surface area contributed by atoms with Gasteiger partial charge in [0.05, 0.1) is 6.04 Å². The third-order valence-corrected chi connectivity index (χ3v) is 2.74. The first kappa shape index (κ1) is 18.7. The van der Waals surface area contributed by atoms with Gasteiger partial charge in [0.1, 0.15) is 6.04 Å². The van der Waals surface area contributed by atoms with Crippen LogP contribution in [0.25, 0.3) is 0 Å². The number of rotatable bonds is 5. The van der Waals surface area contributed by atoms with Gasteiger partial charge < -0.3 is 10.5 Å². The molecule has 2 unspecified atom stereocenters. The van der Waals surface area contributed by atoms with E-state index in [9.17, 15) is 31.1 Å². The molecule has 0 radical (unpaired) electrons. The average molecular weight is 408 g/mol. The molecule has 3 atom stereocenters. The lowest BCUT2D eigenvalue weighted by atomic mass is 10.2. The molecular formula is C8H11F6IN2O2. The number of halogens is 7. The van der Waals surface area contributed by atoms with E-state index in [0.717, 1.165) is 6.92 Å². The molecule has 0 aromatic rings. The van der Waals surface area contributed by atoms with E-state index >= 15 is 0 Å². The summed E-state index contributed by atoms with van der Waals surface area (Å²) in [6.07, 6.45) is -11.9. The molecule has 11 heteroatoms. The van der Waals surface area contributed by atoms with E-state index in [-0.39, 0.29) is 0 Å². The van der Waals surface area contributed by atoms with E-state index in [1.807, 2.05) is 0 Å². The lowest BCUT2D eigenvalue weighted by Gasteiger charge is -2.28. The van der Waals surface area contributed by atoms with Crippen LogP contribution in [0.1, 0.15) is 6.92 Å². The zero-order valence-corrected chi connectivity index (χ0v) is 11.6. The van der Waals surface area contributed by atoms with Crippen molar-refractivity contribution in [3.8, 4) is 0 Å². The fourth-order valence-corrected chi connectivity index (χ4v) is 1.65. The maximum Gasteiger partial charge on any atom is 0.490 e. The number of nitrogens with one attached hydrogen (secondary N) is 1. The molecule has 0 bridgehead atoms. The van der Waals surface area contributed by atoms with Gasteiger partial charge in [-0.2, -0.15) is 26.3 Å². The van der Waals surface area contributed by atoms with Gasteiger partial charge in [-0.25, -0.2) is 4.79 Å². The van der Waals surface area contributed by atoms with E-state index < -0.39 is 41.1 Å². The Hall–Kier alpha value is -0.300. The fraction of sp³-hybridized carbons (Fsp3) is 0.875. The summed E-state index contributed by atoms with van der Waals surface area (Å²) in [6.45, 7) is 1.11. The minimum atomic E-state index is -5.30. The Balaban J connectivity index is 4.81. The predicted molar refractivity (Wildman–Crippen MR) is 61.5 cm³/mol. The second kappa shape index (κ2) is 6.92. The van der Waals surface area contributed by atoms with E-state index in [1.165, 1.54) is 22.6 Å². The van der Waals surface area contributed by atoms with Crippen LogP contribution in [-0.4, -0.2) is 41.1 Å². The first-order chi connectivity index (χ1) is 8.39. The molecule has 0 aliphatic carbocycles. The highest BCUT2D eigenvalue weighted by Crippen LogP contribution is 2.23. The van der Waals surface area contributed by atoms with Crippen molar-refractivity contribution in [2.45, 2.75) is 37.6 Å². The first-order valence-corrected chi connectivity index (χ1v) is 6.34. The Kier molecular flexibility index (Phi) is 6.82. The van der Waals surface area contributed by atoms with Crippen molar-refractivity contribution < 1.29 is 35.9 Å². The molecule has 0 saturated carbocycles. The minimum absolute atomic E-state index is 0.478. The third kappa shape index (κ3) is 6.61. The van der Waals surface area contributed by atoms with E-state index in [4.69, 9.17) is 5.73 Å². The van der Waals surface area contributed by atoms with Gasteiger partial charge in [-0.3, -0.25) is 5.32 Å². The molecule has 0 spiro atoms. The summed E-state index contributed by atoms with van der Waals surface area (Å²) in [4.78, 5) is 10.6. The van der Waals surface area contributed by atoms with Crippen molar-refractivity contribution in [3.05, 3.63) is 0 Å². The van der Waals surface area contributed by atoms with Gasteiger partial charge in [0.25, 0.3) is 0 Å². The molecule has 0 aromatic carbocycles. The third-order valence-electron chi connectivity index (χ3n) is 1.86. The molecule has 0 aromatic heterocycles. The zero-order valence-electron chi connectivity index (χ0n) is 9.48. The Bertz CT molecular complexity index is 307. The van der Waals surface area contributed by atoms with Crippen LogP contribution in [0.15, 0.2) is 0 Å². The number of carbonyl (C=O) groups excluding carboxylic acids is 1. The van der Waals surface area contributed by atoms with Crippen molar-refractivity contribution in [3.63, 3.8) is 0 Å². The quantitative estimate of drug-likeness (QED) is 0.239. The summed E-state index contributed by atoms with van der Waals surface area (Å²) in [5, 5.41) is 1.75. The Morgan fingerprint density at radius 1 is 1.32 bits per heavy atom. The van der Waals surface area contributed by atoms with Crippen molar-refractivity contribution in [2.75, 3.05) is 4.43 Å². The molecular weight excluding hydrogens is 397 g/mol. The molecule has 4 nitrogen and oxygen atoms in total. The van der Waals surface area contributed by atoms with Crippen LogP contribution in [0, 0.1) is 0 Å². The molecule has 0 heterocycles. The molecule has 0 amide bonds. The maximum atomic E-state index is 12.4. The summed E-state index contributed by atoms with van der Waals surface area (Å²) in [6, 6.07) is -3.38. The fourth-order valence-electron chi connectivity index (χ4n) is 0.900. The average Bonchev–Trinajstić information content (AvgIpc) is 2.19. The summed E-state index contributed by atoms with van der Waals surface area (Å²) in [7, 11) is 0. The number of hydrogen-bond donors (Lipinski definition) is 2. The Morgan fingerprint density at radius 2 is 1.79 bits per heavy atom. The highest BCUT2D eigenvalue weighted by molar-refractivity contribution is 14.1. The number of ether oxygens (including phenoxy) is 1. The van der Waals surface area contributed by atoms with Gasteiger partial charge >= 0.3 is 18.3 Å². The SMILES string of the molecule is CC(N)C(N[C@H](CI)C(F)(F)F)OC(=O)C(F)(F)F. The smallest absolute Gasteiger partial charge is 0.438 e. The number of nitrogens with two attached hydrogens (primary N) is 1. The highest BCUT2D eigenvalue weighted by Gasteiger charge is 2.45. The van der Waals surface area contributed by atoms with Gasteiger partial charge in [0.15, 0.2) is 6.23 Å². The normalized spacial score (nSPS) is 17.7. The highest BCUT2D eigenvalue weighted by atomic mass is 127. The number of alkyl halides is 7. The van der Waals surface area contributed by atoms with E-state index in [2.05, 4.69) is 4.74 Å². The van der Waals surface area contributed by atoms with Gasteiger partial charge in [0, 0.05) is 4.43 Å². The topological polar surface area (TPSA) is 64.3 Å². The molecule has 0 rings (SSSR count). The summed E-state index contributed by atoms with van der Waals surface area (Å²) >= 11 is 1.40. The first-order valence-electron chi connectivity index (χ1n) is 4.81. The summed E-state index contributed by atoms with van der Waals surface area (Å²) < 4.78 is 76.6. The van der Waals surface area contributed by atoms with Crippen LogP contribution in [0.4, 0.5) is 26.3 Å². The molecule has 0 aliphatic heterocycles. The monoisotopic (exact) mass is 408 g/mol. The molecule has 0 fully saturated rings. The lowest BCUT2D eigenvalue weighted by molar-refractivity contribution is -0.211. The van der Waals surface area contributed by atoms with E-state index in [0.29, 0.717) is 0 Å². The largest absolute Gasteiger partial charge is 0.490 e. The number of esters is 1. The Morgan fingerprint density at radius 3 is 2.05 bits per heavy atom. The molecule has 19 heavy (non-hydrogen) atoms. The summed E-state index contributed by atoms with van der Waals surface area (Å²) in [5.41, 5.74) is 5.20. The second-order valence-corrected chi connectivity index (χ2v) is 4.48. The maximum absolute atomic E-state index is 12.4. The van der Waals surface area contributed by atoms with Crippen molar-refractivity contribution in [1.82, 2.24) is 5.32 Å². The molecule has 0 saturated heterocycles. The minimum Gasteiger partial charge on any atom is -0.438 e. The van der Waals surface area contributed by atoms with Gasteiger partial charge in [0.2, 0.25) is 0 Å². The number of hydrogen-bond acceptors (Lipinski definition) is 4. The van der Waals surface area contributed by atoms with Gasteiger partial charge in [-0.05, 0) is 6.92 Å². The standard InChI is InChI=1S/C8H11F6IN2O2/c1-3(16)5(19-6(18)8(12,13)14)17-4(2-15)7(9,10)11/h3-5,17H,2,16H2,1H3/t3?,4-,5?/m1/s1. The van der Waals surface area contributed by atoms with E-state index in [1.54, 1.807) is 5.32 Å². The van der Waals surface area contributed by atoms with Crippen molar-refractivity contribution in [2.24, 2.45) is 5.73 Å². The van der Waals surface area contributed by atoms with Crippen LogP contribution in [0.2, 0.25) is 0 Å². The van der Waals surface area contributed by atoms with Crippen molar-refractivity contribution in [1.29, 1.82) is 0 Å². The van der Waals surface area contributed by atoms with Crippen LogP contribution in [0.3, 0.4) is 0 Å². The molecule has 3 N–H and O–H groups in total. The van der Waals surface area contributed by atoms with Gasteiger partial charge in [-0.15, -0.1) is 0 Å². The zero-order chi connectivity index (χ0) is 15.4. The molecule has 0 aliphatic rings. The Labute approximate surface area is 118 Å². The molecule has 114 valence electrons. The van der Waals surface area contributed by atoms with Crippen LogP contribution >= 0.6 is 22.6 Å². The second-order valence-electron chi connectivity index (χ2n) is 3.60. The van der Waals surface area contributed by atoms with Crippen molar-refractivity contribution >= 4 is 28.6 Å².